The molecule has 3 saturated carbocycles. The number of ether oxygens (including phenoxy) is 2. The maximum atomic E-state index is 14.7. The van der Waals surface area contributed by atoms with Crippen LogP contribution < -0.4 is 25.7 Å². The molecule has 3 N–H and O–H groups in total. The summed E-state index contributed by atoms with van der Waals surface area (Å²) in [7, 11) is -2.57. The molecule has 1 aromatic carbocycles. The highest BCUT2D eigenvalue weighted by molar-refractivity contribution is 7.91. The summed E-state index contributed by atoms with van der Waals surface area (Å²) >= 11 is 0. The van der Waals surface area contributed by atoms with Gasteiger partial charge in [-0.05, 0) is 70.3 Å². The van der Waals surface area contributed by atoms with Crippen molar-refractivity contribution in [1.29, 1.82) is 0 Å². The molecule has 2 aromatic heterocycles. The zero-order valence-corrected chi connectivity index (χ0v) is 33.1. The lowest BCUT2D eigenvalue weighted by molar-refractivity contribution is -0.141. The van der Waals surface area contributed by atoms with Gasteiger partial charge in [0.2, 0.25) is 21.8 Å². The molecular formula is C40H48N8O9S. The Morgan fingerprint density at radius 2 is 1.74 bits per heavy atom. The van der Waals surface area contributed by atoms with Crippen molar-refractivity contribution in [1.82, 2.24) is 40.0 Å². The van der Waals surface area contributed by atoms with Crippen molar-refractivity contribution in [3.05, 3.63) is 59.3 Å². The third-order valence-corrected chi connectivity index (χ3v) is 13.8. The molecule has 2 unspecified atom stereocenters. The lowest BCUT2D eigenvalue weighted by atomic mass is 10.0. The fraction of sp³-hybridized carbons (Fsp3) is 0.550. The normalized spacial score (nSPS) is 27.4. The van der Waals surface area contributed by atoms with E-state index in [9.17, 15) is 32.4 Å². The first kappa shape index (κ1) is 39.4. The van der Waals surface area contributed by atoms with Crippen molar-refractivity contribution < 1.29 is 37.1 Å². The molecule has 1 saturated heterocycles. The van der Waals surface area contributed by atoms with E-state index < -0.39 is 74.2 Å². The minimum Gasteiger partial charge on any atom is -0.491 e. The number of carbonyl (C=O) groups excluding carboxylic acids is 4. The van der Waals surface area contributed by atoms with Gasteiger partial charge in [-0.25, -0.2) is 17.9 Å². The van der Waals surface area contributed by atoms with Crippen LogP contribution in [0.5, 0.6) is 5.75 Å². The number of hydrogen-bond acceptors (Lipinski definition) is 12. The quantitative estimate of drug-likeness (QED) is 0.280. The lowest BCUT2D eigenvalue weighted by Crippen LogP contribution is -2.58. The van der Waals surface area contributed by atoms with E-state index >= 15 is 0 Å². The van der Waals surface area contributed by atoms with E-state index in [2.05, 4.69) is 30.4 Å². The van der Waals surface area contributed by atoms with Gasteiger partial charge in [-0.3, -0.25) is 33.9 Å². The van der Waals surface area contributed by atoms with Crippen molar-refractivity contribution in [3.63, 3.8) is 0 Å². The van der Waals surface area contributed by atoms with E-state index in [1.54, 1.807) is 30.6 Å². The van der Waals surface area contributed by atoms with E-state index in [1.807, 2.05) is 12.2 Å². The van der Waals surface area contributed by atoms with Crippen molar-refractivity contribution in [2.24, 2.45) is 5.92 Å². The number of aromatic nitrogens is 4. The van der Waals surface area contributed by atoms with Crippen LogP contribution in [-0.2, 0) is 29.1 Å². The van der Waals surface area contributed by atoms with Gasteiger partial charge in [-0.1, -0.05) is 37.1 Å². The molecule has 3 aromatic rings. The number of hydrogen-bond donors (Lipinski definition) is 3. The maximum Gasteiger partial charge on any atom is 0.408 e. The molecule has 308 valence electrons. The Morgan fingerprint density at radius 3 is 2.52 bits per heavy atom. The van der Waals surface area contributed by atoms with Gasteiger partial charge in [0, 0.05) is 36.8 Å². The summed E-state index contributed by atoms with van der Waals surface area (Å²) in [6, 6.07) is 2.26. The second-order valence-electron chi connectivity index (χ2n) is 16.0. The van der Waals surface area contributed by atoms with Gasteiger partial charge in [0.1, 0.15) is 23.7 Å². The predicted octanol–water partition coefficient (Wildman–Crippen LogP) is 3.05. The summed E-state index contributed by atoms with van der Waals surface area (Å²) in [5, 5.41) is 9.51. The van der Waals surface area contributed by atoms with Gasteiger partial charge in [0.05, 0.1) is 41.2 Å². The lowest BCUT2D eigenvalue weighted by Gasteiger charge is -2.30. The maximum absolute atomic E-state index is 14.7. The second kappa shape index (κ2) is 16.1. The standard InChI is InChI=1S/C40H48N8O9S/c1-56-34-29(28-13-9-15-30-33(28)42-19-18-41-30)22-43-48(37(34)51)25-20-32-35(49)45-40(38(52)46-58(54,55)27-16-17-27)21-24(40)10-5-3-2-4-6-14-31(36(50)47(32)23-25)44-39(53)57-26-11-7-8-12-26/h5,9-10,13,15,18-19,22,24-27,31-32H,2-4,6-8,11-12,14,16-17,20-21,23H2,1H3,(H,44,53)(H,45,49)(H,46,52)/b10-5-/t24-,25?,31+,32+,40?/m1/s1. The first-order valence-corrected chi connectivity index (χ1v) is 21.7. The molecule has 4 heterocycles. The van der Waals surface area contributed by atoms with E-state index in [4.69, 9.17) is 9.47 Å². The first-order valence-electron chi connectivity index (χ1n) is 20.2. The SMILES string of the molecule is COc1c(-c2cccc3nccnc23)cnn(C2C[C@H]3C(=O)NC4(C(=O)NS(=O)(=O)C5CC5)C[C@H]4/C=C\CCCCC[C@H](NC(=O)OC4CCCC4)C(=O)N3C2)c1=O. The van der Waals surface area contributed by atoms with E-state index in [-0.39, 0.29) is 37.7 Å². The van der Waals surface area contributed by atoms with E-state index in [1.165, 1.54) is 22.9 Å². The van der Waals surface area contributed by atoms with Crippen LogP contribution in [0.3, 0.4) is 0 Å². The van der Waals surface area contributed by atoms with Crippen molar-refractivity contribution in [3.8, 4) is 16.9 Å². The number of sulfonamides is 1. The van der Waals surface area contributed by atoms with Crippen LogP contribution in [-0.4, -0.2) is 99.5 Å². The number of nitrogens with zero attached hydrogens (tertiary/aromatic N) is 5. The zero-order chi connectivity index (χ0) is 40.6. The average Bonchev–Trinajstić information content (AvgIpc) is 4.08. The molecule has 5 aliphatic rings. The van der Waals surface area contributed by atoms with Crippen molar-refractivity contribution >= 4 is 44.9 Å². The predicted molar refractivity (Wildman–Crippen MR) is 210 cm³/mol. The van der Waals surface area contributed by atoms with Crippen molar-refractivity contribution in [2.45, 2.75) is 118 Å². The van der Waals surface area contributed by atoms with E-state index in [0.29, 0.717) is 47.8 Å². The molecule has 0 bridgehead atoms. The number of nitrogens with one attached hydrogen (secondary N) is 3. The first-order chi connectivity index (χ1) is 28.0. The third kappa shape index (κ3) is 7.89. The van der Waals surface area contributed by atoms with Gasteiger partial charge in [-0.15, -0.1) is 0 Å². The largest absolute Gasteiger partial charge is 0.491 e. The molecular weight excluding hydrogens is 769 g/mol. The van der Waals surface area contributed by atoms with Crippen LogP contribution in [0.4, 0.5) is 4.79 Å². The number of rotatable bonds is 8. The topological polar surface area (TPSA) is 221 Å². The highest BCUT2D eigenvalue weighted by Crippen LogP contribution is 2.46. The number of amides is 4. The number of para-hydroxylation sites is 1. The fourth-order valence-corrected chi connectivity index (χ4v) is 9.96. The fourth-order valence-electron chi connectivity index (χ4n) is 8.60. The summed E-state index contributed by atoms with van der Waals surface area (Å²) in [6.45, 7) is -0.138. The molecule has 18 heteroatoms. The molecule has 17 nitrogen and oxygen atoms in total. The number of carbonyl (C=O) groups is 4. The number of methoxy groups -OCH3 is 1. The van der Waals surface area contributed by atoms with Gasteiger partial charge < -0.3 is 25.0 Å². The molecule has 58 heavy (non-hydrogen) atoms. The van der Waals surface area contributed by atoms with Crippen LogP contribution >= 0.6 is 0 Å². The molecule has 0 spiro atoms. The second-order valence-corrected chi connectivity index (χ2v) is 17.9. The summed E-state index contributed by atoms with van der Waals surface area (Å²) < 4.78 is 40.5. The molecule has 8 rings (SSSR count). The molecule has 4 fully saturated rings. The Bertz CT molecular complexity index is 2300. The highest BCUT2D eigenvalue weighted by Gasteiger charge is 2.62. The van der Waals surface area contributed by atoms with E-state index in [0.717, 1.165) is 38.5 Å². The van der Waals surface area contributed by atoms with Crippen LogP contribution in [0.2, 0.25) is 0 Å². The number of alkyl carbamates (subject to hydrolysis) is 1. The minimum absolute atomic E-state index is 0.0253. The molecule has 5 atom stereocenters. The molecule has 2 aliphatic heterocycles. The summed E-state index contributed by atoms with van der Waals surface area (Å²) in [4.78, 5) is 80.6. The van der Waals surface area contributed by atoms with Gasteiger partial charge >= 0.3 is 11.7 Å². The monoisotopic (exact) mass is 816 g/mol. The third-order valence-electron chi connectivity index (χ3n) is 12.0. The summed E-state index contributed by atoms with van der Waals surface area (Å²) in [5.74, 6) is -2.57. The number of allylic oxidation sites excluding steroid dienone is 1. The van der Waals surface area contributed by atoms with Gasteiger partial charge in [0.15, 0.2) is 5.75 Å². The average molecular weight is 817 g/mol. The Balaban J connectivity index is 1.13. The zero-order valence-electron chi connectivity index (χ0n) is 32.3. The number of benzene rings is 1. The highest BCUT2D eigenvalue weighted by atomic mass is 32.2. The summed E-state index contributed by atoms with van der Waals surface area (Å²) in [5.41, 5.74) is -0.0689. The van der Waals surface area contributed by atoms with Crippen LogP contribution in [0.25, 0.3) is 22.2 Å². The number of fused-ring (bicyclic) bond motifs is 3. The molecule has 0 radical (unpaired) electrons. The van der Waals surface area contributed by atoms with Crippen LogP contribution in [0, 0.1) is 5.92 Å². The summed E-state index contributed by atoms with van der Waals surface area (Å²) in [6.07, 6.45) is 14.8. The van der Waals surface area contributed by atoms with Gasteiger partial charge in [-0.2, -0.15) is 5.10 Å². The van der Waals surface area contributed by atoms with Crippen LogP contribution in [0.15, 0.2) is 53.7 Å². The van der Waals surface area contributed by atoms with Gasteiger partial charge in [0.25, 0.3) is 5.91 Å². The van der Waals surface area contributed by atoms with Crippen LogP contribution in [0.1, 0.15) is 89.5 Å². The molecule has 4 amide bonds. The van der Waals surface area contributed by atoms with Crippen molar-refractivity contribution in [2.75, 3.05) is 13.7 Å². The smallest absolute Gasteiger partial charge is 0.408 e. The Labute approximate surface area is 335 Å². The Kier molecular flexibility index (Phi) is 10.9. The Morgan fingerprint density at radius 1 is 0.966 bits per heavy atom. The Hall–Kier alpha value is -5.39. The molecule has 3 aliphatic carbocycles. The minimum atomic E-state index is -3.93.